The Balaban J connectivity index is 2.26. The number of alkyl halides is 3. The molecule has 1 heterocycles. The summed E-state index contributed by atoms with van der Waals surface area (Å²) in [5, 5.41) is 2.55. The molecule has 1 N–H and O–H groups in total. The van der Waals surface area contributed by atoms with Crippen LogP contribution in [-0.2, 0) is 4.79 Å². The Morgan fingerprint density at radius 2 is 1.96 bits per heavy atom. The summed E-state index contributed by atoms with van der Waals surface area (Å²) < 4.78 is 39.4. The summed E-state index contributed by atoms with van der Waals surface area (Å²) in [7, 11) is 0. The highest BCUT2D eigenvalue weighted by Crippen LogP contribution is 2.45. The fraction of sp³-hybridized carbons (Fsp3) is 0.500. The SMILES string of the molecule is CC(=O)Nc1cccc(C(=O)N2CC[C@H](C(F)(F)F)C2(C)C)c1. The van der Waals surface area contributed by atoms with Gasteiger partial charge in [0.1, 0.15) is 0 Å². The molecule has 4 nitrogen and oxygen atoms in total. The number of likely N-dealkylation sites (tertiary alicyclic amines) is 1. The smallest absolute Gasteiger partial charge is 0.333 e. The quantitative estimate of drug-likeness (QED) is 0.904. The van der Waals surface area contributed by atoms with E-state index in [0.29, 0.717) is 5.69 Å². The summed E-state index contributed by atoms with van der Waals surface area (Å²) in [5.74, 6) is -2.29. The van der Waals surface area contributed by atoms with Crippen LogP contribution in [0.15, 0.2) is 24.3 Å². The molecule has 1 fully saturated rings. The first-order chi connectivity index (χ1) is 10.5. The van der Waals surface area contributed by atoms with E-state index < -0.39 is 23.5 Å². The van der Waals surface area contributed by atoms with Crippen LogP contribution in [0, 0.1) is 5.92 Å². The first-order valence-corrected chi connectivity index (χ1v) is 7.30. The van der Waals surface area contributed by atoms with Crippen LogP contribution in [0.3, 0.4) is 0 Å². The van der Waals surface area contributed by atoms with Crippen molar-refractivity contribution in [2.75, 3.05) is 11.9 Å². The predicted molar refractivity (Wildman–Crippen MR) is 80.0 cm³/mol. The fourth-order valence-electron chi connectivity index (χ4n) is 3.10. The zero-order valence-corrected chi connectivity index (χ0v) is 13.2. The van der Waals surface area contributed by atoms with E-state index in [2.05, 4.69) is 5.32 Å². The Labute approximate surface area is 132 Å². The fourth-order valence-corrected chi connectivity index (χ4v) is 3.10. The maximum absolute atomic E-state index is 13.1. The van der Waals surface area contributed by atoms with E-state index in [1.807, 2.05) is 0 Å². The summed E-state index contributed by atoms with van der Waals surface area (Å²) in [6, 6.07) is 6.21. The third kappa shape index (κ3) is 3.48. The molecule has 7 heteroatoms. The number of carbonyl (C=O) groups is 2. The lowest BCUT2D eigenvalue weighted by Gasteiger charge is -2.36. The second-order valence-corrected chi connectivity index (χ2v) is 6.26. The maximum Gasteiger partial charge on any atom is 0.394 e. The summed E-state index contributed by atoms with van der Waals surface area (Å²) in [6.45, 7) is 4.27. The summed E-state index contributed by atoms with van der Waals surface area (Å²) >= 11 is 0. The molecule has 23 heavy (non-hydrogen) atoms. The van der Waals surface area contributed by atoms with E-state index in [1.54, 1.807) is 12.1 Å². The Morgan fingerprint density at radius 1 is 1.30 bits per heavy atom. The molecule has 126 valence electrons. The third-order valence-electron chi connectivity index (χ3n) is 4.26. The molecule has 0 unspecified atom stereocenters. The molecule has 1 aliphatic rings. The highest BCUT2D eigenvalue weighted by atomic mass is 19.4. The number of nitrogens with one attached hydrogen (secondary N) is 1. The number of hydrogen-bond donors (Lipinski definition) is 1. The lowest BCUT2D eigenvalue weighted by atomic mass is 9.87. The molecule has 0 aliphatic carbocycles. The highest BCUT2D eigenvalue weighted by molar-refractivity contribution is 5.97. The van der Waals surface area contributed by atoms with Crippen LogP contribution in [0.2, 0.25) is 0 Å². The van der Waals surface area contributed by atoms with Crippen LogP contribution in [0.1, 0.15) is 37.6 Å². The number of rotatable bonds is 2. The van der Waals surface area contributed by atoms with Gasteiger partial charge in [-0.15, -0.1) is 0 Å². The van der Waals surface area contributed by atoms with Crippen molar-refractivity contribution >= 4 is 17.5 Å². The van der Waals surface area contributed by atoms with Gasteiger partial charge in [-0.25, -0.2) is 0 Å². The van der Waals surface area contributed by atoms with E-state index in [4.69, 9.17) is 0 Å². The summed E-state index contributed by atoms with van der Waals surface area (Å²) in [6.07, 6.45) is -4.44. The van der Waals surface area contributed by atoms with E-state index >= 15 is 0 Å². The number of amides is 2. The van der Waals surface area contributed by atoms with Gasteiger partial charge in [-0.05, 0) is 38.5 Å². The van der Waals surface area contributed by atoms with Crippen LogP contribution in [0.5, 0.6) is 0 Å². The van der Waals surface area contributed by atoms with Gasteiger partial charge in [-0.1, -0.05) is 6.07 Å². The zero-order valence-electron chi connectivity index (χ0n) is 13.2. The minimum absolute atomic E-state index is 0.0559. The molecule has 1 atom stereocenters. The van der Waals surface area contributed by atoms with Crippen LogP contribution in [-0.4, -0.2) is 35.0 Å². The molecule has 1 aliphatic heterocycles. The molecular formula is C16H19F3N2O2. The molecule has 0 radical (unpaired) electrons. The van der Waals surface area contributed by atoms with E-state index in [1.165, 1.54) is 37.8 Å². The topological polar surface area (TPSA) is 49.4 Å². The lowest BCUT2D eigenvalue weighted by Crippen LogP contribution is -2.49. The molecule has 1 saturated heterocycles. The number of carbonyl (C=O) groups excluding carboxylic acids is 2. The molecule has 2 amide bonds. The van der Waals surface area contributed by atoms with Crippen molar-refractivity contribution in [2.24, 2.45) is 5.92 Å². The van der Waals surface area contributed by atoms with E-state index in [9.17, 15) is 22.8 Å². The van der Waals surface area contributed by atoms with Crippen LogP contribution < -0.4 is 5.32 Å². The first kappa shape index (κ1) is 17.3. The second-order valence-electron chi connectivity index (χ2n) is 6.26. The third-order valence-corrected chi connectivity index (χ3v) is 4.26. The Morgan fingerprint density at radius 3 is 2.48 bits per heavy atom. The van der Waals surface area contributed by atoms with Crippen molar-refractivity contribution in [3.05, 3.63) is 29.8 Å². The average molecular weight is 328 g/mol. The van der Waals surface area contributed by atoms with Gasteiger partial charge < -0.3 is 10.2 Å². The molecule has 1 aromatic rings. The minimum Gasteiger partial charge on any atom is -0.333 e. The van der Waals surface area contributed by atoms with Gasteiger partial charge in [0.25, 0.3) is 5.91 Å². The molecule has 0 aromatic heterocycles. The summed E-state index contributed by atoms with van der Waals surface area (Å²) in [4.78, 5) is 25.0. The van der Waals surface area contributed by atoms with Crippen molar-refractivity contribution in [1.82, 2.24) is 4.90 Å². The van der Waals surface area contributed by atoms with Crippen molar-refractivity contribution in [3.63, 3.8) is 0 Å². The van der Waals surface area contributed by atoms with Gasteiger partial charge in [0.05, 0.1) is 5.92 Å². The van der Waals surface area contributed by atoms with Crippen molar-refractivity contribution in [2.45, 2.75) is 38.9 Å². The van der Waals surface area contributed by atoms with Gasteiger partial charge in [0, 0.05) is 30.3 Å². The van der Waals surface area contributed by atoms with Crippen LogP contribution in [0.25, 0.3) is 0 Å². The highest BCUT2D eigenvalue weighted by Gasteiger charge is 2.56. The van der Waals surface area contributed by atoms with E-state index in [0.717, 1.165) is 0 Å². The maximum atomic E-state index is 13.1. The number of anilines is 1. The van der Waals surface area contributed by atoms with Crippen molar-refractivity contribution in [3.8, 4) is 0 Å². The van der Waals surface area contributed by atoms with Crippen molar-refractivity contribution in [1.29, 1.82) is 0 Å². The largest absolute Gasteiger partial charge is 0.394 e. The summed E-state index contributed by atoms with van der Waals surface area (Å²) in [5.41, 5.74) is -0.612. The van der Waals surface area contributed by atoms with Gasteiger partial charge in [-0.2, -0.15) is 13.2 Å². The minimum atomic E-state index is -4.34. The monoisotopic (exact) mass is 328 g/mol. The molecule has 0 saturated carbocycles. The Bertz CT molecular complexity index is 626. The normalized spacial score (nSPS) is 20.4. The van der Waals surface area contributed by atoms with Gasteiger partial charge >= 0.3 is 6.18 Å². The standard InChI is InChI=1S/C16H19F3N2O2/c1-10(22)20-12-6-4-5-11(9-12)14(23)21-8-7-13(15(21,2)3)16(17,18)19/h4-6,9,13H,7-8H2,1-3H3,(H,20,22)/t13-/m0/s1. The number of benzene rings is 1. The molecule has 1 aromatic carbocycles. The van der Waals surface area contributed by atoms with Gasteiger partial charge in [0.15, 0.2) is 0 Å². The molecular weight excluding hydrogens is 309 g/mol. The molecule has 0 spiro atoms. The lowest BCUT2D eigenvalue weighted by molar-refractivity contribution is -0.189. The van der Waals surface area contributed by atoms with Crippen LogP contribution in [0.4, 0.5) is 18.9 Å². The Hall–Kier alpha value is -2.05. The zero-order chi connectivity index (χ0) is 17.4. The molecule has 2 rings (SSSR count). The first-order valence-electron chi connectivity index (χ1n) is 7.30. The average Bonchev–Trinajstić information content (AvgIpc) is 2.72. The van der Waals surface area contributed by atoms with Gasteiger partial charge in [-0.3, -0.25) is 9.59 Å². The van der Waals surface area contributed by atoms with Crippen LogP contribution >= 0.6 is 0 Å². The number of halogens is 3. The number of nitrogens with zero attached hydrogens (tertiary/aromatic N) is 1. The molecule has 0 bridgehead atoms. The number of hydrogen-bond acceptors (Lipinski definition) is 2. The van der Waals surface area contributed by atoms with Crippen molar-refractivity contribution < 1.29 is 22.8 Å². The van der Waals surface area contributed by atoms with E-state index in [-0.39, 0.29) is 24.4 Å². The second kappa shape index (κ2) is 5.86. The Kier molecular flexibility index (Phi) is 4.41. The predicted octanol–water partition coefficient (Wildman–Crippen LogP) is 3.45. The van der Waals surface area contributed by atoms with Gasteiger partial charge in [0.2, 0.25) is 5.91 Å².